The summed E-state index contributed by atoms with van der Waals surface area (Å²) < 4.78 is 1.89. The molecular formula is C13H19N3OS. The predicted octanol–water partition coefficient (Wildman–Crippen LogP) is 1.92. The zero-order valence-electron chi connectivity index (χ0n) is 11.0. The first-order valence-electron chi connectivity index (χ1n) is 6.01. The molecule has 0 fully saturated rings. The van der Waals surface area contributed by atoms with Crippen molar-refractivity contribution < 1.29 is 5.11 Å². The number of aromatic nitrogens is 2. The first-order valence-corrected chi connectivity index (χ1v) is 6.89. The monoisotopic (exact) mass is 265 g/mol. The van der Waals surface area contributed by atoms with Crippen molar-refractivity contribution in [3.05, 3.63) is 39.3 Å². The number of hydrogen-bond donors (Lipinski definition) is 2. The summed E-state index contributed by atoms with van der Waals surface area (Å²) in [6.45, 7) is 5.38. The van der Waals surface area contributed by atoms with Crippen molar-refractivity contribution in [3.63, 3.8) is 0 Å². The third-order valence-electron chi connectivity index (χ3n) is 3.17. The molecule has 0 spiro atoms. The normalized spacial score (nSPS) is 12.9. The molecule has 1 unspecified atom stereocenters. The minimum Gasteiger partial charge on any atom is -0.386 e. The summed E-state index contributed by atoms with van der Waals surface area (Å²) in [5, 5.41) is 19.6. The van der Waals surface area contributed by atoms with E-state index in [1.165, 1.54) is 11.3 Å². The predicted molar refractivity (Wildman–Crippen MR) is 73.7 cm³/mol. The highest BCUT2D eigenvalue weighted by Gasteiger charge is 2.11. The first-order chi connectivity index (χ1) is 8.59. The van der Waals surface area contributed by atoms with Crippen LogP contribution >= 0.6 is 11.3 Å². The molecule has 2 aromatic heterocycles. The van der Waals surface area contributed by atoms with E-state index in [2.05, 4.69) is 17.3 Å². The first kappa shape index (κ1) is 13.3. The Hall–Kier alpha value is -1.17. The fourth-order valence-corrected chi connectivity index (χ4v) is 2.70. The number of nitrogens with zero attached hydrogens (tertiary/aromatic N) is 2. The Kier molecular flexibility index (Phi) is 4.16. The third kappa shape index (κ3) is 2.80. The molecule has 0 aliphatic heterocycles. The molecule has 0 amide bonds. The van der Waals surface area contributed by atoms with Gasteiger partial charge in [-0.1, -0.05) is 6.07 Å². The maximum absolute atomic E-state index is 9.96. The molecule has 0 aromatic carbocycles. The minimum atomic E-state index is -0.428. The van der Waals surface area contributed by atoms with E-state index in [0.717, 1.165) is 17.1 Å². The van der Waals surface area contributed by atoms with Gasteiger partial charge in [-0.15, -0.1) is 11.3 Å². The highest BCUT2D eigenvalue weighted by atomic mass is 32.1. The van der Waals surface area contributed by atoms with Gasteiger partial charge in [0.25, 0.3) is 0 Å². The molecule has 2 aromatic rings. The van der Waals surface area contributed by atoms with Gasteiger partial charge in [0.2, 0.25) is 0 Å². The average molecular weight is 265 g/mol. The average Bonchev–Trinajstić information content (AvgIpc) is 2.93. The molecule has 0 radical (unpaired) electrons. The number of hydrogen-bond acceptors (Lipinski definition) is 4. The van der Waals surface area contributed by atoms with Crippen molar-refractivity contribution in [1.82, 2.24) is 15.1 Å². The molecule has 0 bridgehead atoms. The number of nitrogens with one attached hydrogen (secondary N) is 1. The van der Waals surface area contributed by atoms with Crippen LogP contribution < -0.4 is 5.32 Å². The molecule has 5 heteroatoms. The molecule has 0 aliphatic carbocycles. The largest absolute Gasteiger partial charge is 0.386 e. The van der Waals surface area contributed by atoms with Crippen LogP contribution in [0, 0.1) is 13.8 Å². The Labute approximate surface area is 111 Å². The maximum Gasteiger partial charge on any atom is 0.101 e. The van der Waals surface area contributed by atoms with Crippen LogP contribution in [0.25, 0.3) is 0 Å². The number of aliphatic hydroxyl groups is 1. The van der Waals surface area contributed by atoms with E-state index >= 15 is 0 Å². The number of aryl methyl sites for hydroxylation is 2. The van der Waals surface area contributed by atoms with E-state index in [4.69, 9.17) is 0 Å². The summed E-state index contributed by atoms with van der Waals surface area (Å²) in [5.74, 6) is 0. The molecule has 98 valence electrons. The highest BCUT2D eigenvalue weighted by Crippen LogP contribution is 2.18. The van der Waals surface area contributed by atoms with Gasteiger partial charge in [0.1, 0.15) is 6.10 Å². The number of rotatable bonds is 5. The van der Waals surface area contributed by atoms with Gasteiger partial charge in [-0.3, -0.25) is 4.68 Å². The lowest BCUT2D eigenvalue weighted by atomic mass is 10.2. The summed E-state index contributed by atoms with van der Waals surface area (Å²) in [6, 6.07) is 3.91. The zero-order chi connectivity index (χ0) is 13.1. The van der Waals surface area contributed by atoms with Crippen molar-refractivity contribution in [2.24, 2.45) is 7.05 Å². The van der Waals surface area contributed by atoms with Crippen LogP contribution in [0.1, 0.15) is 27.9 Å². The number of thiophene rings is 1. The topological polar surface area (TPSA) is 50.1 Å². The van der Waals surface area contributed by atoms with Gasteiger partial charge in [0, 0.05) is 36.3 Å². The van der Waals surface area contributed by atoms with Gasteiger partial charge >= 0.3 is 0 Å². The second-order valence-electron chi connectivity index (χ2n) is 4.44. The van der Waals surface area contributed by atoms with Crippen LogP contribution in [0.4, 0.5) is 0 Å². The lowest BCUT2D eigenvalue weighted by Gasteiger charge is -2.10. The second kappa shape index (κ2) is 5.65. The Balaban J connectivity index is 1.89. The molecule has 4 nitrogen and oxygen atoms in total. The Bertz CT molecular complexity index is 505. The standard InChI is InChI=1S/C13H19N3OS/c1-9-11(10(2)16(3)15-9)7-14-8-12(17)13-5-4-6-18-13/h4-6,12,14,17H,7-8H2,1-3H3. The Morgan fingerprint density at radius 2 is 2.28 bits per heavy atom. The van der Waals surface area contributed by atoms with E-state index in [1.54, 1.807) is 11.3 Å². The van der Waals surface area contributed by atoms with E-state index in [0.29, 0.717) is 6.54 Å². The van der Waals surface area contributed by atoms with Crippen LogP contribution in [-0.2, 0) is 13.6 Å². The van der Waals surface area contributed by atoms with Crippen LogP contribution in [0.3, 0.4) is 0 Å². The van der Waals surface area contributed by atoms with Crippen molar-refractivity contribution in [2.75, 3.05) is 6.54 Å². The maximum atomic E-state index is 9.96. The van der Waals surface area contributed by atoms with Crippen molar-refractivity contribution >= 4 is 11.3 Å². The molecule has 2 N–H and O–H groups in total. The molecule has 0 aliphatic rings. The molecule has 0 saturated carbocycles. The van der Waals surface area contributed by atoms with Crippen LogP contribution in [-0.4, -0.2) is 21.4 Å². The van der Waals surface area contributed by atoms with Gasteiger partial charge in [-0.05, 0) is 25.3 Å². The van der Waals surface area contributed by atoms with Gasteiger partial charge < -0.3 is 10.4 Å². The Morgan fingerprint density at radius 1 is 1.50 bits per heavy atom. The molecule has 1 atom stereocenters. The number of aliphatic hydroxyl groups excluding tert-OH is 1. The molecule has 0 saturated heterocycles. The highest BCUT2D eigenvalue weighted by molar-refractivity contribution is 7.10. The van der Waals surface area contributed by atoms with E-state index < -0.39 is 6.10 Å². The van der Waals surface area contributed by atoms with Crippen LogP contribution in [0.5, 0.6) is 0 Å². The summed E-state index contributed by atoms with van der Waals surface area (Å²) in [6.07, 6.45) is -0.428. The molecule has 18 heavy (non-hydrogen) atoms. The van der Waals surface area contributed by atoms with Gasteiger partial charge in [0.15, 0.2) is 0 Å². The van der Waals surface area contributed by atoms with Crippen molar-refractivity contribution in [2.45, 2.75) is 26.5 Å². The smallest absolute Gasteiger partial charge is 0.101 e. The lowest BCUT2D eigenvalue weighted by molar-refractivity contribution is 0.178. The molecule has 2 rings (SSSR count). The summed E-state index contributed by atoms with van der Waals surface area (Å²) in [7, 11) is 1.95. The zero-order valence-corrected chi connectivity index (χ0v) is 11.8. The van der Waals surface area contributed by atoms with E-state index in [-0.39, 0.29) is 0 Å². The van der Waals surface area contributed by atoms with Crippen molar-refractivity contribution in [1.29, 1.82) is 0 Å². The Morgan fingerprint density at radius 3 is 2.83 bits per heavy atom. The van der Waals surface area contributed by atoms with Gasteiger partial charge in [0.05, 0.1) is 5.69 Å². The SMILES string of the molecule is Cc1nn(C)c(C)c1CNCC(O)c1cccs1. The second-order valence-corrected chi connectivity index (χ2v) is 5.41. The summed E-state index contributed by atoms with van der Waals surface area (Å²) in [5.41, 5.74) is 3.44. The quantitative estimate of drug-likeness (QED) is 0.868. The summed E-state index contributed by atoms with van der Waals surface area (Å²) in [4.78, 5) is 1.00. The van der Waals surface area contributed by atoms with Crippen LogP contribution in [0.2, 0.25) is 0 Å². The molecule has 2 heterocycles. The van der Waals surface area contributed by atoms with Gasteiger partial charge in [-0.25, -0.2) is 0 Å². The fraction of sp³-hybridized carbons (Fsp3) is 0.462. The third-order valence-corrected chi connectivity index (χ3v) is 4.14. The van der Waals surface area contributed by atoms with E-state index in [9.17, 15) is 5.11 Å². The fourth-order valence-electron chi connectivity index (χ4n) is 1.99. The van der Waals surface area contributed by atoms with E-state index in [1.807, 2.05) is 36.2 Å². The van der Waals surface area contributed by atoms with Crippen LogP contribution in [0.15, 0.2) is 17.5 Å². The van der Waals surface area contributed by atoms with Crippen molar-refractivity contribution in [3.8, 4) is 0 Å². The molecular weight excluding hydrogens is 246 g/mol. The summed E-state index contributed by atoms with van der Waals surface area (Å²) >= 11 is 1.58. The van der Waals surface area contributed by atoms with Gasteiger partial charge in [-0.2, -0.15) is 5.10 Å². The minimum absolute atomic E-state index is 0.428. The lowest BCUT2D eigenvalue weighted by Crippen LogP contribution is -2.21.